The lowest BCUT2D eigenvalue weighted by Gasteiger charge is -2.36. The molecule has 1 atom stereocenters. The minimum absolute atomic E-state index is 0.0519. The van der Waals surface area contributed by atoms with E-state index in [0.717, 1.165) is 25.0 Å². The maximum absolute atomic E-state index is 9.46. The fourth-order valence-electron chi connectivity index (χ4n) is 2.47. The standard InChI is InChI=1S/C13H21NO3/c1-2-13(8-15,9-16)14-11-4-3-5-12-10(11)6-7-17-12/h6-7,11,14-16H,2-5,8-9H2,1H3. The highest BCUT2D eigenvalue weighted by atomic mass is 16.3. The summed E-state index contributed by atoms with van der Waals surface area (Å²) in [7, 11) is 0. The predicted molar refractivity (Wildman–Crippen MR) is 64.7 cm³/mol. The molecular formula is C13H21NO3. The van der Waals surface area contributed by atoms with Crippen molar-refractivity contribution in [1.82, 2.24) is 5.32 Å². The van der Waals surface area contributed by atoms with Gasteiger partial charge in [0.25, 0.3) is 0 Å². The number of aryl methyl sites for hydroxylation is 1. The van der Waals surface area contributed by atoms with Gasteiger partial charge in [-0.15, -0.1) is 0 Å². The topological polar surface area (TPSA) is 65.6 Å². The first-order valence-corrected chi connectivity index (χ1v) is 6.30. The van der Waals surface area contributed by atoms with E-state index in [9.17, 15) is 10.2 Å². The molecule has 4 nitrogen and oxygen atoms in total. The van der Waals surface area contributed by atoms with E-state index in [0.29, 0.717) is 6.42 Å². The van der Waals surface area contributed by atoms with Crippen LogP contribution >= 0.6 is 0 Å². The average molecular weight is 239 g/mol. The van der Waals surface area contributed by atoms with Crippen LogP contribution in [0.5, 0.6) is 0 Å². The Morgan fingerprint density at radius 2 is 2.24 bits per heavy atom. The third-order valence-corrected chi connectivity index (χ3v) is 3.81. The molecule has 1 aromatic heterocycles. The fraction of sp³-hybridized carbons (Fsp3) is 0.692. The Balaban J connectivity index is 2.15. The molecule has 3 N–H and O–H groups in total. The molecule has 0 spiro atoms. The smallest absolute Gasteiger partial charge is 0.108 e. The molecule has 4 heteroatoms. The first-order chi connectivity index (χ1) is 8.24. The molecule has 0 bridgehead atoms. The Labute approximate surface area is 102 Å². The number of hydrogen-bond acceptors (Lipinski definition) is 4. The molecule has 0 aliphatic heterocycles. The summed E-state index contributed by atoms with van der Waals surface area (Å²) in [6.45, 7) is 1.87. The summed E-state index contributed by atoms with van der Waals surface area (Å²) in [6.07, 6.45) is 5.50. The van der Waals surface area contributed by atoms with Crippen LogP contribution in [0.1, 0.15) is 43.6 Å². The van der Waals surface area contributed by atoms with Crippen LogP contribution in [0, 0.1) is 0 Å². The number of fused-ring (bicyclic) bond motifs is 1. The van der Waals surface area contributed by atoms with Gasteiger partial charge in [-0.1, -0.05) is 6.92 Å². The third kappa shape index (κ3) is 2.39. The van der Waals surface area contributed by atoms with Crippen LogP contribution in [-0.4, -0.2) is 29.0 Å². The van der Waals surface area contributed by atoms with Crippen LogP contribution in [0.2, 0.25) is 0 Å². The summed E-state index contributed by atoms with van der Waals surface area (Å²) in [5, 5.41) is 22.3. The van der Waals surface area contributed by atoms with E-state index in [1.807, 2.05) is 13.0 Å². The van der Waals surface area contributed by atoms with Gasteiger partial charge in [-0.25, -0.2) is 0 Å². The summed E-state index contributed by atoms with van der Waals surface area (Å²) >= 11 is 0. The Kier molecular flexibility index (Phi) is 3.86. The lowest BCUT2D eigenvalue weighted by Crippen LogP contribution is -2.53. The molecule has 1 aromatic rings. The highest BCUT2D eigenvalue weighted by Gasteiger charge is 2.32. The van der Waals surface area contributed by atoms with Crippen molar-refractivity contribution < 1.29 is 14.6 Å². The second-order valence-electron chi connectivity index (χ2n) is 4.84. The van der Waals surface area contributed by atoms with E-state index in [-0.39, 0.29) is 19.3 Å². The van der Waals surface area contributed by atoms with Gasteiger partial charge >= 0.3 is 0 Å². The number of aliphatic hydroxyl groups excluding tert-OH is 2. The van der Waals surface area contributed by atoms with Crippen molar-refractivity contribution in [3.05, 3.63) is 23.7 Å². The normalized spacial score (nSPS) is 20.3. The highest BCUT2D eigenvalue weighted by molar-refractivity contribution is 5.24. The van der Waals surface area contributed by atoms with Gasteiger partial charge in [0.2, 0.25) is 0 Å². The first-order valence-electron chi connectivity index (χ1n) is 6.30. The predicted octanol–water partition coefficient (Wildman–Crippen LogP) is 1.38. The first kappa shape index (κ1) is 12.6. The van der Waals surface area contributed by atoms with Crippen molar-refractivity contribution in [2.75, 3.05) is 13.2 Å². The van der Waals surface area contributed by atoms with Crippen LogP contribution < -0.4 is 5.32 Å². The molecule has 1 aliphatic rings. The quantitative estimate of drug-likeness (QED) is 0.726. The molecule has 0 amide bonds. The number of furan rings is 1. The molecule has 1 unspecified atom stereocenters. The molecule has 0 fully saturated rings. The number of hydrogen-bond donors (Lipinski definition) is 3. The fourth-order valence-corrected chi connectivity index (χ4v) is 2.47. The second kappa shape index (κ2) is 5.21. The molecular weight excluding hydrogens is 218 g/mol. The van der Waals surface area contributed by atoms with E-state index < -0.39 is 5.54 Å². The molecule has 0 saturated carbocycles. The Morgan fingerprint density at radius 1 is 1.47 bits per heavy atom. The zero-order valence-electron chi connectivity index (χ0n) is 10.3. The van der Waals surface area contributed by atoms with Crippen LogP contribution in [0.25, 0.3) is 0 Å². The third-order valence-electron chi connectivity index (χ3n) is 3.81. The van der Waals surface area contributed by atoms with E-state index in [1.165, 1.54) is 5.56 Å². The molecule has 96 valence electrons. The lowest BCUT2D eigenvalue weighted by atomic mass is 9.89. The minimum atomic E-state index is -0.587. The van der Waals surface area contributed by atoms with Crippen LogP contribution in [-0.2, 0) is 6.42 Å². The van der Waals surface area contributed by atoms with E-state index >= 15 is 0 Å². The van der Waals surface area contributed by atoms with Gasteiger partial charge in [-0.3, -0.25) is 0 Å². The van der Waals surface area contributed by atoms with Crippen LogP contribution in [0.4, 0.5) is 0 Å². The molecule has 0 aromatic carbocycles. The van der Waals surface area contributed by atoms with E-state index in [4.69, 9.17) is 4.42 Å². The zero-order chi connectivity index (χ0) is 12.3. The highest BCUT2D eigenvalue weighted by Crippen LogP contribution is 2.32. The Morgan fingerprint density at radius 3 is 2.88 bits per heavy atom. The van der Waals surface area contributed by atoms with Crippen LogP contribution in [0.3, 0.4) is 0 Å². The van der Waals surface area contributed by atoms with Crippen molar-refractivity contribution in [2.45, 2.75) is 44.2 Å². The molecule has 2 rings (SSSR count). The summed E-state index contributed by atoms with van der Waals surface area (Å²) in [5.41, 5.74) is 0.590. The maximum atomic E-state index is 9.46. The van der Waals surface area contributed by atoms with Crippen molar-refractivity contribution >= 4 is 0 Å². The monoisotopic (exact) mass is 239 g/mol. The lowest BCUT2D eigenvalue weighted by molar-refractivity contribution is 0.0748. The molecule has 1 heterocycles. The summed E-state index contributed by atoms with van der Waals surface area (Å²) in [5.74, 6) is 1.04. The van der Waals surface area contributed by atoms with Gasteiger partial charge in [-0.05, 0) is 25.3 Å². The SMILES string of the molecule is CCC(CO)(CO)NC1CCCc2occc21. The maximum Gasteiger partial charge on any atom is 0.108 e. The van der Waals surface area contributed by atoms with Crippen molar-refractivity contribution in [3.8, 4) is 0 Å². The average Bonchev–Trinajstić information content (AvgIpc) is 2.85. The van der Waals surface area contributed by atoms with Gasteiger partial charge in [-0.2, -0.15) is 0 Å². The molecule has 1 aliphatic carbocycles. The minimum Gasteiger partial charge on any atom is -0.469 e. The number of rotatable bonds is 5. The summed E-state index contributed by atoms with van der Waals surface area (Å²) in [4.78, 5) is 0. The molecule has 17 heavy (non-hydrogen) atoms. The largest absolute Gasteiger partial charge is 0.469 e. The van der Waals surface area contributed by atoms with Crippen molar-refractivity contribution in [2.24, 2.45) is 0 Å². The van der Waals surface area contributed by atoms with Crippen LogP contribution in [0.15, 0.2) is 16.7 Å². The molecule has 0 saturated heterocycles. The van der Waals surface area contributed by atoms with E-state index in [2.05, 4.69) is 5.32 Å². The van der Waals surface area contributed by atoms with Crippen molar-refractivity contribution in [1.29, 1.82) is 0 Å². The molecule has 0 radical (unpaired) electrons. The van der Waals surface area contributed by atoms with Crippen molar-refractivity contribution in [3.63, 3.8) is 0 Å². The number of aliphatic hydroxyl groups is 2. The van der Waals surface area contributed by atoms with E-state index in [1.54, 1.807) is 6.26 Å². The summed E-state index contributed by atoms with van der Waals surface area (Å²) < 4.78 is 5.44. The Hall–Kier alpha value is -0.840. The summed E-state index contributed by atoms with van der Waals surface area (Å²) in [6, 6.07) is 2.16. The zero-order valence-corrected chi connectivity index (χ0v) is 10.3. The van der Waals surface area contributed by atoms with Gasteiger partial charge in [0, 0.05) is 18.0 Å². The van der Waals surface area contributed by atoms with Gasteiger partial charge in [0.05, 0.1) is 25.0 Å². The van der Waals surface area contributed by atoms with Gasteiger partial charge < -0.3 is 19.9 Å². The Bertz CT molecular complexity index is 349. The second-order valence-corrected chi connectivity index (χ2v) is 4.84. The number of nitrogens with one attached hydrogen (secondary N) is 1. The van der Waals surface area contributed by atoms with Gasteiger partial charge in [0.15, 0.2) is 0 Å². The van der Waals surface area contributed by atoms with Gasteiger partial charge in [0.1, 0.15) is 5.76 Å².